The molecule has 0 aliphatic carbocycles. The SMILES string of the molecule is Cc1cc(C)nc(NN=Cc2ccc(O)cc2)n1. The van der Waals surface area contributed by atoms with Gasteiger partial charge >= 0.3 is 0 Å². The van der Waals surface area contributed by atoms with Crippen molar-refractivity contribution in [2.45, 2.75) is 13.8 Å². The molecule has 0 bridgehead atoms. The average Bonchev–Trinajstić information content (AvgIpc) is 2.30. The number of phenolic OH excluding ortho intramolecular Hbond substituents is 1. The minimum Gasteiger partial charge on any atom is -0.508 e. The van der Waals surface area contributed by atoms with Crippen LogP contribution < -0.4 is 5.43 Å². The highest BCUT2D eigenvalue weighted by molar-refractivity contribution is 5.80. The number of rotatable bonds is 3. The first-order valence-electron chi connectivity index (χ1n) is 5.54. The van der Waals surface area contributed by atoms with Gasteiger partial charge < -0.3 is 5.11 Å². The lowest BCUT2D eigenvalue weighted by atomic mass is 10.2. The number of aromatic hydroxyl groups is 1. The Balaban J connectivity index is 2.04. The minimum atomic E-state index is 0.234. The number of aryl methyl sites for hydroxylation is 2. The van der Waals surface area contributed by atoms with E-state index in [1.807, 2.05) is 19.9 Å². The lowest BCUT2D eigenvalue weighted by Crippen LogP contribution is -1.99. The predicted octanol–water partition coefficient (Wildman–Crippen LogP) is 2.25. The van der Waals surface area contributed by atoms with E-state index in [0.717, 1.165) is 17.0 Å². The van der Waals surface area contributed by atoms with E-state index < -0.39 is 0 Å². The number of nitrogens with zero attached hydrogens (tertiary/aromatic N) is 3. The van der Waals surface area contributed by atoms with E-state index in [-0.39, 0.29) is 5.75 Å². The molecule has 2 rings (SSSR count). The molecule has 0 saturated heterocycles. The molecule has 1 aromatic carbocycles. The van der Waals surface area contributed by atoms with Crippen molar-refractivity contribution in [3.05, 3.63) is 47.3 Å². The van der Waals surface area contributed by atoms with Crippen LogP contribution in [0.15, 0.2) is 35.4 Å². The van der Waals surface area contributed by atoms with Crippen LogP contribution >= 0.6 is 0 Å². The van der Waals surface area contributed by atoms with Gasteiger partial charge in [0, 0.05) is 11.4 Å². The highest BCUT2D eigenvalue weighted by atomic mass is 16.3. The highest BCUT2D eigenvalue weighted by Gasteiger charge is 1.96. The van der Waals surface area contributed by atoms with Crippen molar-refractivity contribution in [2.24, 2.45) is 5.10 Å². The van der Waals surface area contributed by atoms with Crippen molar-refractivity contribution in [3.8, 4) is 5.75 Å². The molecule has 92 valence electrons. The fraction of sp³-hybridized carbons (Fsp3) is 0.154. The third-order valence-electron chi connectivity index (χ3n) is 2.25. The summed E-state index contributed by atoms with van der Waals surface area (Å²) in [5, 5.41) is 13.2. The number of phenols is 1. The fourth-order valence-electron chi connectivity index (χ4n) is 1.50. The Bertz CT molecular complexity index is 543. The second-order valence-corrected chi connectivity index (χ2v) is 3.94. The van der Waals surface area contributed by atoms with Gasteiger partial charge in [0.05, 0.1) is 6.21 Å². The summed E-state index contributed by atoms with van der Waals surface area (Å²) in [6, 6.07) is 8.64. The van der Waals surface area contributed by atoms with E-state index in [1.165, 1.54) is 0 Å². The molecular formula is C13H14N4O. The Morgan fingerprint density at radius 1 is 1.11 bits per heavy atom. The van der Waals surface area contributed by atoms with Gasteiger partial charge in [-0.2, -0.15) is 5.10 Å². The van der Waals surface area contributed by atoms with Crippen LogP contribution in [0, 0.1) is 13.8 Å². The van der Waals surface area contributed by atoms with E-state index in [1.54, 1.807) is 30.5 Å². The Morgan fingerprint density at radius 2 is 1.72 bits per heavy atom. The van der Waals surface area contributed by atoms with Crippen molar-refractivity contribution in [1.82, 2.24) is 9.97 Å². The van der Waals surface area contributed by atoms with Gasteiger partial charge in [-0.25, -0.2) is 15.4 Å². The number of anilines is 1. The molecule has 2 aromatic rings. The van der Waals surface area contributed by atoms with Gasteiger partial charge in [-0.05, 0) is 49.7 Å². The molecule has 2 N–H and O–H groups in total. The molecule has 0 fully saturated rings. The zero-order chi connectivity index (χ0) is 13.0. The molecule has 0 aliphatic rings. The molecule has 1 aromatic heterocycles. The van der Waals surface area contributed by atoms with E-state index >= 15 is 0 Å². The van der Waals surface area contributed by atoms with Crippen LogP contribution in [-0.4, -0.2) is 21.3 Å². The smallest absolute Gasteiger partial charge is 0.243 e. The number of hydrogen-bond acceptors (Lipinski definition) is 5. The van der Waals surface area contributed by atoms with Crippen LogP contribution in [0.2, 0.25) is 0 Å². The van der Waals surface area contributed by atoms with Crippen molar-refractivity contribution < 1.29 is 5.11 Å². The molecular weight excluding hydrogens is 228 g/mol. The molecule has 0 radical (unpaired) electrons. The van der Waals surface area contributed by atoms with Crippen molar-refractivity contribution in [1.29, 1.82) is 0 Å². The predicted molar refractivity (Wildman–Crippen MR) is 70.8 cm³/mol. The van der Waals surface area contributed by atoms with Gasteiger partial charge in [0.15, 0.2) is 0 Å². The zero-order valence-electron chi connectivity index (χ0n) is 10.3. The van der Waals surface area contributed by atoms with E-state index in [2.05, 4.69) is 20.5 Å². The summed E-state index contributed by atoms with van der Waals surface area (Å²) < 4.78 is 0. The number of aromatic nitrogens is 2. The summed E-state index contributed by atoms with van der Waals surface area (Å²) in [6.45, 7) is 3.81. The third-order valence-corrected chi connectivity index (χ3v) is 2.25. The fourth-order valence-corrected chi connectivity index (χ4v) is 1.50. The Labute approximate surface area is 105 Å². The maximum atomic E-state index is 9.14. The van der Waals surface area contributed by atoms with Crippen molar-refractivity contribution in [3.63, 3.8) is 0 Å². The monoisotopic (exact) mass is 242 g/mol. The lowest BCUT2D eigenvalue weighted by molar-refractivity contribution is 0.475. The molecule has 0 unspecified atom stereocenters. The Kier molecular flexibility index (Phi) is 3.52. The number of hydrogen-bond donors (Lipinski definition) is 2. The maximum Gasteiger partial charge on any atom is 0.243 e. The van der Waals surface area contributed by atoms with Crippen molar-refractivity contribution in [2.75, 3.05) is 5.43 Å². The maximum absolute atomic E-state index is 9.14. The first-order chi connectivity index (χ1) is 8.63. The van der Waals surface area contributed by atoms with Crippen LogP contribution in [-0.2, 0) is 0 Å². The highest BCUT2D eigenvalue weighted by Crippen LogP contribution is 2.08. The Morgan fingerprint density at radius 3 is 2.33 bits per heavy atom. The molecule has 5 heteroatoms. The molecule has 1 heterocycles. The number of benzene rings is 1. The second-order valence-electron chi connectivity index (χ2n) is 3.94. The van der Waals surface area contributed by atoms with E-state index in [0.29, 0.717) is 5.95 Å². The standard InChI is InChI=1S/C13H14N4O/c1-9-7-10(2)16-13(15-9)17-14-8-11-3-5-12(18)6-4-11/h3-8,18H,1-2H3,(H,15,16,17). The molecule has 0 spiro atoms. The summed E-state index contributed by atoms with van der Waals surface area (Å²) in [7, 11) is 0. The quantitative estimate of drug-likeness (QED) is 0.639. The molecule has 0 amide bonds. The first-order valence-corrected chi connectivity index (χ1v) is 5.54. The van der Waals surface area contributed by atoms with Gasteiger partial charge in [0.2, 0.25) is 5.95 Å². The Hall–Kier alpha value is -2.43. The van der Waals surface area contributed by atoms with Crippen molar-refractivity contribution >= 4 is 12.2 Å². The zero-order valence-corrected chi connectivity index (χ0v) is 10.3. The van der Waals surface area contributed by atoms with Gasteiger partial charge in [-0.1, -0.05) is 0 Å². The van der Waals surface area contributed by atoms with Crippen LogP contribution in [0.25, 0.3) is 0 Å². The van der Waals surface area contributed by atoms with E-state index in [4.69, 9.17) is 5.11 Å². The molecule has 5 nitrogen and oxygen atoms in total. The van der Waals surface area contributed by atoms with E-state index in [9.17, 15) is 0 Å². The topological polar surface area (TPSA) is 70.4 Å². The van der Waals surface area contributed by atoms with Gasteiger partial charge in [-0.15, -0.1) is 0 Å². The largest absolute Gasteiger partial charge is 0.508 e. The summed E-state index contributed by atoms with van der Waals surface area (Å²) in [5.74, 6) is 0.709. The third kappa shape index (κ3) is 3.28. The summed E-state index contributed by atoms with van der Waals surface area (Å²) in [5.41, 5.74) is 5.44. The summed E-state index contributed by atoms with van der Waals surface area (Å²) in [4.78, 5) is 8.41. The molecule has 0 atom stereocenters. The number of hydrazone groups is 1. The lowest BCUT2D eigenvalue weighted by Gasteiger charge is -2.01. The van der Waals surface area contributed by atoms with Crippen LogP contribution in [0.4, 0.5) is 5.95 Å². The van der Waals surface area contributed by atoms with Gasteiger partial charge in [0.1, 0.15) is 5.75 Å². The van der Waals surface area contributed by atoms with Crippen LogP contribution in [0.3, 0.4) is 0 Å². The molecule has 0 saturated carbocycles. The van der Waals surface area contributed by atoms with Gasteiger partial charge in [-0.3, -0.25) is 0 Å². The van der Waals surface area contributed by atoms with Crippen LogP contribution in [0.1, 0.15) is 17.0 Å². The average molecular weight is 242 g/mol. The summed E-state index contributed by atoms with van der Waals surface area (Å²) >= 11 is 0. The molecule has 18 heavy (non-hydrogen) atoms. The minimum absolute atomic E-state index is 0.234. The van der Waals surface area contributed by atoms with Crippen LogP contribution in [0.5, 0.6) is 5.75 Å². The second kappa shape index (κ2) is 5.27. The normalized spacial score (nSPS) is 10.8. The molecule has 0 aliphatic heterocycles. The van der Waals surface area contributed by atoms with Gasteiger partial charge in [0.25, 0.3) is 0 Å². The first kappa shape index (κ1) is 12.0. The number of nitrogens with one attached hydrogen (secondary N) is 1. The summed E-state index contributed by atoms with van der Waals surface area (Å²) in [6.07, 6.45) is 1.64.